The highest BCUT2D eigenvalue weighted by Crippen LogP contribution is 2.27. The highest BCUT2D eigenvalue weighted by atomic mass is 19.1. The van der Waals surface area contributed by atoms with Crippen molar-refractivity contribution in [2.24, 2.45) is 0 Å². The van der Waals surface area contributed by atoms with Crippen LogP contribution in [0.15, 0.2) is 60.7 Å². The summed E-state index contributed by atoms with van der Waals surface area (Å²) in [5.41, 5.74) is 2.16. The number of esters is 1. The van der Waals surface area contributed by atoms with Gasteiger partial charge in [0.1, 0.15) is 0 Å². The molecule has 2 rings (SSSR count). The van der Waals surface area contributed by atoms with Crippen LogP contribution in [0.1, 0.15) is 37.9 Å². The minimum absolute atomic E-state index is 0.0379. The quantitative estimate of drug-likeness (QED) is 0.659. The fraction of sp³-hybridized carbons (Fsp3) is 0.381. The van der Waals surface area contributed by atoms with Crippen molar-refractivity contribution in [3.05, 3.63) is 71.8 Å². The van der Waals surface area contributed by atoms with E-state index in [9.17, 15) is 9.18 Å². The minimum Gasteiger partial charge on any atom is -0.464 e. The lowest BCUT2D eigenvalue weighted by atomic mass is 10.0. The summed E-state index contributed by atoms with van der Waals surface area (Å²) in [6, 6.07) is 19.2. The van der Waals surface area contributed by atoms with Crippen molar-refractivity contribution in [2.45, 2.75) is 45.6 Å². The van der Waals surface area contributed by atoms with Gasteiger partial charge in [-0.2, -0.15) is 0 Å². The van der Waals surface area contributed by atoms with Crippen molar-refractivity contribution in [3.8, 4) is 0 Å². The van der Waals surface area contributed by atoms with E-state index in [1.807, 2.05) is 72.5 Å². The van der Waals surface area contributed by atoms with Crippen molar-refractivity contribution in [2.75, 3.05) is 6.61 Å². The lowest BCUT2D eigenvalue weighted by Gasteiger charge is -2.36. The van der Waals surface area contributed by atoms with Gasteiger partial charge in [0.25, 0.3) is 0 Å². The molecule has 0 aliphatic heterocycles. The summed E-state index contributed by atoms with van der Waals surface area (Å²) in [4.78, 5) is 13.9. The number of carbonyl (C=O) groups excluding carboxylic acids is 1. The molecular formula is C21H26FNO2. The van der Waals surface area contributed by atoms with E-state index in [4.69, 9.17) is 4.74 Å². The van der Waals surface area contributed by atoms with Gasteiger partial charge < -0.3 is 4.74 Å². The SMILES string of the molecule is CCOC(=O)C(F)C(C)N(Cc1ccccc1)C(C)c1ccccc1. The lowest BCUT2D eigenvalue weighted by molar-refractivity contribution is -0.152. The molecule has 0 saturated carbocycles. The third-order valence-electron chi connectivity index (χ3n) is 4.45. The highest BCUT2D eigenvalue weighted by molar-refractivity contribution is 5.75. The maximum Gasteiger partial charge on any atom is 0.342 e. The Bertz CT molecular complexity index is 647. The van der Waals surface area contributed by atoms with E-state index < -0.39 is 18.2 Å². The van der Waals surface area contributed by atoms with Crippen molar-refractivity contribution in [1.82, 2.24) is 4.90 Å². The van der Waals surface area contributed by atoms with Crippen molar-refractivity contribution < 1.29 is 13.9 Å². The number of benzene rings is 2. The maximum absolute atomic E-state index is 14.7. The molecule has 0 saturated heterocycles. The summed E-state index contributed by atoms with van der Waals surface area (Å²) < 4.78 is 19.6. The summed E-state index contributed by atoms with van der Waals surface area (Å²) in [5, 5.41) is 0. The molecule has 3 atom stereocenters. The van der Waals surface area contributed by atoms with Crippen LogP contribution in [-0.2, 0) is 16.1 Å². The molecule has 2 aromatic rings. The Balaban J connectivity index is 2.26. The number of carbonyl (C=O) groups is 1. The molecule has 0 radical (unpaired) electrons. The van der Waals surface area contributed by atoms with Gasteiger partial charge in [0.15, 0.2) is 0 Å². The van der Waals surface area contributed by atoms with Gasteiger partial charge in [0.05, 0.1) is 6.61 Å². The molecule has 134 valence electrons. The molecule has 0 spiro atoms. The number of hydrogen-bond donors (Lipinski definition) is 0. The zero-order valence-electron chi connectivity index (χ0n) is 15.1. The first-order valence-electron chi connectivity index (χ1n) is 8.70. The Labute approximate surface area is 149 Å². The van der Waals surface area contributed by atoms with Crippen molar-refractivity contribution >= 4 is 5.97 Å². The van der Waals surface area contributed by atoms with E-state index in [1.54, 1.807) is 13.8 Å². The second-order valence-corrected chi connectivity index (χ2v) is 6.14. The Hall–Kier alpha value is -2.20. The molecule has 0 N–H and O–H groups in total. The van der Waals surface area contributed by atoms with Crippen LogP contribution in [0.5, 0.6) is 0 Å². The Kier molecular flexibility index (Phi) is 7.14. The zero-order chi connectivity index (χ0) is 18.2. The van der Waals surface area contributed by atoms with Gasteiger partial charge in [0.2, 0.25) is 6.17 Å². The fourth-order valence-corrected chi connectivity index (χ4v) is 2.94. The molecule has 0 heterocycles. The first-order valence-corrected chi connectivity index (χ1v) is 8.70. The lowest BCUT2D eigenvalue weighted by Crippen LogP contribution is -2.44. The number of halogens is 1. The maximum atomic E-state index is 14.7. The Morgan fingerprint density at radius 3 is 2.16 bits per heavy atom. The van der Waals surface area contributed by atoms with Gasteiger partial charge in [-0.1, -0.05) is 60.7 Å². The minimum atomic E-state index is -1.69. The normalized spacial score (nSPS) is 14.8. The standard InChI is InChI=1S/C21H26FNO2/c1-4-25-21(24)20(22)17(3)23(15-18-11-7-5-8-12-18)16(2)19-13-9-6-10-14-19/h5-14,16-17,20H,4,15H2,1-3H3. The average molecular weight is 343 g/mol. The van der Waals surface area contributed by atoms with Crippen molar-refractivity contribution in [1.29, 1.82) is 0 Å². The van der Waals surface area contributed by atoms with Gasteiger partial charge in [-0.3, -0.25) is 4.90 Å². The molecule has 3 nitrogen and oxygen atoms in total. The molecule has 3 unspecified atom stereocenters. The van der Waals surface area contributed by atoms with E-state index in [0.29, 0.717) is 6.54 Å². The Morgan fingerprint density at radius 2 is 1.60 bits per heavy atom. The van der Waals surface area contributed by atoms with E-state index >= 15 is 0 Å². The molecule has 0 aliphatic carbocycles. The predicted octanol–water partition coefficient (Wildman–Crippen LogP) is 4.54. The molecule has 25 heavy (non-hydrogen) atoms. The monoisotopic (exact) mass is 343 g/mol. The molecule has 0 aromatic heterocycles. The second-order valence-electron chi connectivity index (χ2n) is 6.14. The molecule has 4 heteroatoms. The van der Waals surface area contributed by atoms with E-state index in [-0.39, 0.29) is 12.6 Å². The molecule has 2 aromatic carbocycles. The van der Waals surface area contributed by atoms with Gasteiger partial charge in [0, 0.05) is 18.6 Å². The zero-order valence-corrected chi connectivity index (χ0v) is 15.1. The van der Waals surface area contributed by atoms with Crippen LogP contribution in [0.2, 0.25) is 0 Å². The van der Waals surface area contributed by atoms with Crippen LogP contribution >= 0.6 is 0 Å². The molecule has 0 amide bonds. The van der Waals surface area contributed by atoms with Crippen LogP contribution in [0.25, 0.3) is 0 Å². The molecule has 0 bridgehead atoms. The number of ether oxygens (including phenoxy) is 1. The van der Waals surface area contributed by atoms with E-state index in [0.717, 1.165) is 11.1 Å². The van der Waals surface area contributed by atoms with E-state index in [2.05, 4.69) is 0 Å². The topological polar surface area (TPSA) is 29.5 Å². The second kappa shape index (κ2) is 9.33. The van der Waals surface area contributed by atoms with Crippen molar-refractivity contribution in [3.63, 3.8) is 0 Å². The summed E-state index contributed by atoms with van der Waals surface area (Å²) in [7, 11) is 0. The fourth-order valence-electron chi connectivity index (χ4n) is 2.94. The molecule has 0 fully saturated rings. The van der Waals surface area contributed by atoms with Gasteiger partial charge >= 0.3 is 5.97 Å². The van der Waals surface area contributed by atoms with Crippen LogP contribution in [0.3, 0.4) is 0 Å². The Morgan fingerprint density at radius 1 is 1.04 bits per heavy atom. The van der Waals surface area contributed by atoms with Crippen LogP contribution < -0.4 is 0 Å². The summed E-state index contributed by atoms with van der Waals surface area (Å²) in [6.45, 7) is 6.19. The van der Waals surface area contributed by atoms with Crippen LogP contribution in [-0.4, -0.2) is 29.7 Å². The number of nitrogens with zero attached hydrogens (tertiary/aromatic N) is 1. The van der Waals surface area contributed by atoms with Crippen LogP contribution in [0.4, 0.5) is 4.39 Å². The van der Waals surface area contributed by atoms with Gasteiger partial charge in [-0.25, -0.2) is 9.18 Å². The first kappa shape index (κ1) is 19.1. The third kappa shape index (κ3) is 5.13. The number of alkyl halides is 1. The van der Waals surface area contributed by atoms with Crippen LogP contribution in [0, 0.1) is 0 Å². The number of hydrogen-bond acceptors (Lipinski definition) is 3. The largest absolute Gasteiger partial charge is 0.464 e. The average Bonchev–Trinajstić information content (AvgIpc) is 2.66. The van der Waals surface area contributed by atoms with E-state index in [1.165, 1.54) is 0 Å². The summed E-state index contributed by atoms with van der Waals surface area (Å²) in [5.74, 6) is -0.798. The smallest absolute Gasteiger partial charge is 0.342 e. The third-order valence-corrected chi connectivity index (χ3v) is 4.45. The summed E-state index contributed by atoms with van der Waals surface area (Å²) in [6.07, 6.45) is -1.69. The number of rotatable bonds is 8. The predicted molar refractivity (Wildman–Crippen MR) is 97.8 cm³/mol. The molecule has 0 aliphatic rings. The first-order chi connectivity index (χ1) is 12.0. The highest BCUT2D eigenvalue weighted by Gasteiger charge is 2.33. The molecular weight excluding hydrogens is 317 g/mol. The summed E-state index contributed by atoms with van der Waals surface area (Å²) >= 11 is 0. The van der Waals surface area contributed by atoms with Gasteiger partial charge in [-0.05, 0) is 31.9 Å². The van der Waals surface area contributed by atoms with Gasteiger partial charge in [-0.15, -0.1) is 0 Å².